The minimum absolute atomic E-state index is 0.00168. The third-order valence-corrected chi connectivity index (χ3v) is 4.35. The largest absolute Gasteiger partial charge is 0.481 e. The molecule has 0 bridgehead atoms. The van der Waals surface area contributed by atoms with E-state index in [1.807, 2.05) is 0 Å². The van der Waals surface area contributed by atoms with Gasteiger partial charge in [0.25, 0.3) is 11.9 Å². The van der Waals surface area contributed by atoms with Gasteiger partial charge in [0.2, 0.25) is 11.9 Å². The van der Waals surface area contributed by atoms with Crippen molar-refractivity contribution in [3.63, 3.8) is 0 Å². The van der Waals surface area contributed by atoms with E-state index in [0.717, 1.165) is 18.3 Å². The number of nitrogens with one attached hydrogen (secondary N) is 3. The summed E-state index contributed by atoms with van der Waals surface area (Å²) in [5, 5.41) is 25.4. The molecular formula is C22H19F3N8O3. The van der Waals surface area contributed by atoms with E-state index in [0.29, 0.717) is 11.8 Å². The summed E-state index contributed by atoms with van der Waals surface area (Å²) in [6, 6.07) is 4.34. The van der Waals surface area contributed by atoms with E-state index in [4.69, 9.17) is 15.9 Å². The minimum atomic E-state index is -1.30. The van der Waals surface area contributed by atoms with E-state index in [-0.39, 0.29) is 34.3 Å². The lowest BCUT2D eigenvalue weighted by molar-refractivity contribution is -0.112. The molecule has 14 heteroatoms. The third kappa shape index (κ3) is 6.47. The molecule has 3 rings (SSSR count). The van der Waals surface area contributed by atoms with Crippen molar-refractivity contribution in [2.45, 2.75) is 0 Å². The van der Waals surface area contributed by atoms with E-state index < -0.39 is 29.4 Å². The first-order valence-electron chi connectivity index (χ1n) is 9.97. The van der Waals surface area contributed by atoms with Crippen molar-refractivity contribution >= 4 is 35.3 Å². The van der Waals surface area contributed by atoms with Crippen LogP contribution in [0.15, 0.2) is 65.6 Å². The zero-order valence-corrected chi connectivity index (χ0v) is 18.5. The zero-order chi connectivity index (χ0) is 26.2. The van der Waals surface area contributed by atoms with Crippen LogP contribution in [0.5, 0.6) is 0 Å². The number of nitrogens with zero attached hydrogens (tertiary/aromatic N) is 4. The zero-order valence-electron chi connectivity index (χ0n) is 18.5. The van der Waals surface area contributed by atoms with Gasteiger partial charge in [-0.05, 0) is 24.3 Å². The van der Waals surface area contributed by atoms with E-state index in [1.54, 1.807) is 0 Å². The Bertz CT molecular complexity index is 1370. The number of amides is 1. The normalized spacial score (nSPS) is 11.3. The van der Waals surface area contributed by atoms with Crippen LogP contribution in [0.2, 0.25) is 0 Å². The summed E-state index contributed by atoms with van der Waals surface area (Å²) in [4.78, 5) is 27.3. The van der Waals surface area contributed by atoms with Gasteiger partial charge in [0, 0.05) is 48.7 Å². The standard InChI is InChI=1S/C22H19F3N8O3/c1-27-9-13(7-26)31-22-29-10-14(11-4-16(24)20(25)28-8-11)21(33-22)32-17-5-12(2-3-15(17)23)30-18(34)6-19(35)36/h2-10,35-36H,26H2,1H3,(H,30,34)(H2,29,31,32,33)/b13-7+,27-9?. The molecule has 0 spiro atoms. The first kappa shape index (κ1) is 25.5. The smallest absolute Gasteiger partial charge is 0.279 e. The predicted molar refractivity (Wildman–Crippen MR) is 127 cm³/mol. The summed E-state index contributed by atoms with van der Waals surface area (Å²) >= 11 is 0. The highest BCUT2D eigenvalue weighted by molar-refractivity contribution is 5.99. The number of aliphatic imine (C=N–C) groups is 1. The lowest BCUT2D eigenvalue weighted by Gasteiger charge is -2.15. The molecule has 1 aromatic carbocycles. The number of benzene rings is 1. The lowest BCUT2D eigenvalue weighted by atomic mass is 10.1. The Morgan fingerprint density at radius 1 is 1.08 bits per heavy atom. The third-order valence-electron chi connectivity index (χ3n) is 4.35. The van der Waals surface area contributed by atoms with E-state index >= 15 is 0 Å². The number of aromatic nitrogens is 3. The van der Waals surface area contributed by atoms with Crippen LogP contribution in [0.1, 0.15) is 0 Å². The number of rotatable bonds is 8. The monoisotopic (exact) mass is 500 g/mol. The molecule has 0 unspecified atom stereocenters. The molecule has 0 aliphatic rings. The molecule has 0 fully saturated rings. The Balaban J connectivity index is 2.05. The molecule has 0 atom stereocenters. The van der Waals surface area contributed by atoms with Crippen LogP contribution in [0.3, 0.4) is 0 Å². The molecular weight excluding hydrogens is 481 g/mol. The first-order chi connectivity index (χ1) is 17.2. The van der Waals surface area contributed by atoms with Crippen LogP contribution in [0.25, 0.3) is 11.1 Å². The van der Waals surface area contributed by atoms with Crippen LogP contribution < -0.4 is 21.7 Å². The Labute approximate surface area is 202 Å². The van der Waals surface area contributed by atoms with Gasteiger partial charge in [-0.25, -0.2) is 18.7 Å². The Kier molecular flexibility index (Phi) is 8.02. The second-order valence-corrected chi connectivity index (χ2v) is 6.90. The van der Waals surface area contributed by atoms with Gasteiger partial charge in [0.1, 0.15) is 11.6 Å². The molecule has 36 heavy (non-hydrogen) atoms. The van der Waals surface area contributed by atoms with Crippen molar-refractivity contribution in [1.82, 2.24) is 15.0 Å². The Hall–Kier alpha value is -5.14. The average molecular weight is 500 g/mol. The topological polar surface area (TPSA) is 171 Å². The second kappa shape index (κ2) is 11.3. The van der Waals surface area contributed by atoms with Crippen LogP contribution >= 0.6 is 0 Å². The van der Waals surface area contributed by atoms with Gasteiger partial charge >= 0.3 is 0 Å². The number of hydrogen-bond donors (Lipinski definition) is 6. The summed E-state index contributed by atoms with van der Waals surface area (Å²) in [7, 11) is 1.52. The number of carbonyl (C=O) groups excluding carboxylic acids is 1. The molecule has 0 aliphatic carbocycles. The number of anilines is 4. The molecule has 0 aliphatic heterocycles. The van der Waals surface area contributed by atoms with Gasteiger partial charge in [-0.1, -0.05) is 0 Å². The molecule has 0 radical (unpaired) electrons. The number of aliphatic hydroxyl groups is 2. The molecule has 3 aromatic rings. The number of carbonyl (C=O) groups is 1. The van der Waals surface area contributed by atoms with Gasteiger partial charge in [-0.2, -0.15) is 9.37 Å². The molecule has 0 saturated heterocycles. The highest BCUT2D eigenvalue weighted by Gasteiger charge is 2.16. The van der Waals surface area contributed by atoms with E-state index in [1.165, 1.54) is 37.8 Å². The number of nitrogens with two attached hydrogens (primary N) is 1. The van der Waals surface area contributed by atoms with Crippen molar-refractivity contribution in [3.05, 3.63) is 78.2 Å². The predicted octanol–water partition coefficient (Wildman–Crippen LogP) is 3.51. The summed E-state index contributed by atoms with van der Waals surface area (Å²) < 4.78 is 41.8. The SMILES string of the molecule is CN=C/C(=C\N)Nc1ncc(-c2cnc(F)c(F)c2)c(Nc2cc(NC(=O)C=C(O)O)ccc2F)n1. The van der Waals surface area contributed by atoms with Crippen molar-refractivity contribution in [3.8, 4) is 11.1 Å². The maximum Gasteiger partial charge on any atom is 0.279 e. The Morgan fingerprint density at radius 2 is 1.86 bits per heavy atom. The maximum atomic E-state index is 14.6. The number of aliphatic hydroxyl groups excluding tert-OH is 1. The van der Waals surface area contributed by atoms with Gasteiger partial charge in [-0.15, -0.1) is 0 Å². The van der Waals surface area contributed by atoms with Crippen LogP contribution in [0.4, 0.5) is 36.3 Å². The van der Waals surface area contributed by atoms with Crippen LogP contribution in [-0.4, -0.2) is 44.3 Å². The average Bonchev–Trinajstić information content (AvgIpc) is 2.82. The Morgan fingerprint density at radius 3 is 2.53 bits per heavy atom. The van der Waals surface area contributed by atoms with Crippen molar-refractivity contribution < 1.29 is 28.2 Å². The van der Waals surface area contributed by atoms with Crippen LogP contribution in [-0.2, 0) is 4.79 Å². The number of hydrogen-bond acceptors (Lipinski definition) is 10. The molecule has 186 valence electrons. The number of pyridine rings is 1. The highest BCUT2D eigenvalue weighted by Crippen LogP contribution is 2.31. The van der Waals surface area contributed by atoms with Crippen molar-refractivity contribution in [2.24, 2.45) is 10.7 Å². The summed E-state index contributed by atoms with van der Waals surface area (Å²) in [5.41, 5.74) is 6.01. The lowest BCUT2D eigenvalue weighted by Crippen LogP contribution is -2.10. The van der Waals surface area contributed by atoms with Crippen molar-refractivity contribution in [2.75, 3.05) is 23.0 Å². The second-order valence-electron chi connectivity index (χ2n) is 6.90. The number of halogens is 3. The maximum absolute atomic E-state index is 14.6. The minimum Gasteiger partial charge on any atom is -0.481 e. The summed E-state index contributed by atoms with van der Waals surface area (Å²) in [6.45, 7) is 0. The van der Waals surface area contributed by atoms with E-state index in [2.05, 4.69) is 35.9 Å². The summed E-state index contributed by atoms with van der Waals surface area (Å²) in [5.74, 6) is -5.41. The fourth-order valence-electron chi connectivity index (χ4n) is 2.82. The fourth-order valence-corrected chi connectivity index (χ4v) is 2.82. The first-order valence-corrected chi connectivity index (χ1v) is 9.97. The highest BCUT2D eigenvalue weighted by atomic mass is 19.2. The van der Waals surface area contributed by atoms with Gasteiger partial charge in [0.15, 0.2) is 5.82 Å². The van der Waals surface area contributed by atoms with Gasteiger partial charge in [0.05, 0.1) is 17.5 Å². The van der Waals surface area contributed by atoms with Gasteiger partial charge < -0.3 is 31.9 Å². The molecule has 11 nitrogen and oxygen atoms in total. The number of allylic oxidation sites excluding steroid dienone is 1. The molecule has 7 N–H and O–H groups in total. The molecule has 1 amide bonds. The summed E-state index contributed by atoms with van der Waals surface area (Å²) in [6.07, 6.45) is 5.43. The van der Waals surface area contributed by atoms with Crippen molar-refractivity contribution in [1.29, 1.82) is 0 Å². The fraction of sp³-hybridized carbons (Fsp3) is 0.0455. The quantitative estimate of drug-likeness (QED) is 0.117. The van der Waals surface area contributed by atoms with Gasteiger partial charge in [-0.3, -0.25) is 9.79 Å². The molecule has 0 saturated carbocycles. The van der Waals surface area contributed by atoms with Crippen LogP contribution in [0, 0.1) is 17.6 Å². The molecule has 2 heterocycles. The molecule has 2 aromatic heterocycles. The van der Waals surface area contributed by atoms with E-state index in [9.17, 15) is 18.0 Å².